The third-order valence-electron chi connectivity index (χ3n) is 8.35. The van der Waals surface area contributed by atoms with Crippen molar-refractivity contribution in [2.45, 2.75) is 64.5 Å². The van der Waals surface area contributed by atoms with Gasteiger partial charge < -0.3 is 10.2 Å². The molecule has 2 aliphatic rings. The molecule has 8 nitrogen and oxygen atoms in total. The number of piperazine rings is 1. The lowest BCUT2D eigenvalue weighted by Gasteiger charge is -2.37. The summed E-state index contributed by atoms with van der Waals surface area (Å²) in [6.45, 7) is 13.1. The van der Waals surface area contributed by atoms with Crippen molar-refractivity contribution in [2.24, 2.45) is 0 Å². The molecule has 41 heavy (non-hydrogen) atoms. The number of rotatable bonds is 8. The Morgan fingerprint density at radius 3 is 2.24 bits per heavy atom. The van der Waals surface area contributed by atoms with E-state index in [-0.39, 0.29) is 50.3 Å². The number of amides is 1. The van der Waals surface area contributed by atoms with Crippen molar-refractivity contribution >= 4 is 22.6 Å². The van der Waals surface area contributed by atoms with E-state index >= 15 is 0 Å². The number of halogens is 2. The van der Waals surface area contributed by atoms with E-state index in [2.05, 4.69) is 38.9 Å². The molecule has 4 heterocycles. The molecule has 2 aliphatic heterocycles. The molecule has 1 N–H and O–H groups in total. The highest BCUT2D eigenvalue weighted by Crippen LogP contribution is 2.32. The topological polar surface area (TPSA) is 77.5 Å². The maximum absolute atomic E-state index is 13.9. The summed E-state index contributed by atoms with van der Waals surface area (Å²) in [6, 6.07) is 9.79. The van der Waals surface area contributed by atoms with Crippen LogP contribution < -0.4 is 10.2 Å². The van der Waals surface area contributed by atoms with Crippen molar-refractivity contribution in [1.29, 1.82) is 0 Å². The number of benzene rings is 1. The van der Waals surface area contributed by atoms with Gasteiger partial charge in [-0.25, -0.2) is 23.7 Å². The summed E-state index contributed by atoms with van der Waals surface area (Å²) in [5.41, 5.74) is 2.12. The van der Waals surface area contributed by atoms with Crippen LogP contribution >= 0.6 is 0 Å². The molecule has 1 unspecified atom stereocenters. The van der Waals surface area contributed by atoms with Crippen LogP contribution in [-0.2, 0) is 0 Å². The zero-order valence-electron chi connectivity index (χ0n) is 24.5. The molecule has 0 bridgehead atoms. The third kappa shape index (κ3) is 6.81. The molecule has 0 radical (unpaired) electrons. The normalized spacial score (nSPS) is 19.2. The van der Waals surface area contributed by atoms with E-state index < -0.39 is 5.92 Å². The maximum Gasteiger partial charge on any atom is 0.252 e. The van der Waals surface area contributed by atoms with Gasteiger partial charge in [-0.3, -0.25) is 14.6 Å². The Hall–Kier alpha value is -3.24. The lowest BCUT2D eigenvalue weighted by atomic mass is 10.0. The van der Waals surface area contributed by atoms with Gasteiger partial charge in [0.15, 0.2) is 0 Å². The number of fused-ring (bicyclic) bond motifs is 1. The Labute approximate surface area is 241 Å². The van der Waals surface area contributed by atoms with Crippen molar-refractivity contribution in [1.82, 2.24) is 30.1 Å². The van der Waals surface area contributed by atoms with Crippen LogP contribution in [0.3, 0.4) is 0 Å². The molecule has 0 saturated carbocycles. The fourth-order valence-electron chi connectivity index (χ4n) is 5.71. The first kappa shape index (κ1) is 29.3. The smallest absolute Gasteiger partial charge is 0.252 e. The maximum atomic E-state index is 13.9. The van der Waals surface area contributed by atoms with Gasteiger partial charge in [-0.1, -0.05) is 19.9 Å². The van der Waals surface area contributed by atoms with Crippen molar-refractivity contribution in [3.05, 3.63) is 59.7 Å². The highest BCUT2D eigenvalue weighted by atomic mass is 19.3. The third-order valence-corrected chi connectivity index (χ3v) is 8.35. The van der Waals surface area contributed by atoms with E-state index in [1.54, 1.807) is 18.5 Å². The molecule has 220 valence electrons. The second-order valence-corrected chi connectivity index (χ2v) is 11.8. The van der Waals surface area contributed by atoms with Crippen LogP contribution in [0.15, 0.2) is 42.7 Å². The van der Waals surface area contributed by atoms with Crippen molar-refractivity contribution in [2.75, 3.05) is 50.7 Å². The van der Waals surface area contributed by atoms with E-state index in [0.29, 0.717) is 11.6 Å². The Morgan fingerprint density at radius 1 is 0.927 bits per heavy atom. The average Bonchev–Trinajstić information content (AvgIpc) is 2.97. The molecule has 0 spiro atoms. The Kier molecular flexibility index (Phi) is 8.79. The van der Waals surface area contributed by atoms with Crippen LogP contribution in [0.2, 0.25) is 0 Å². The van der Waals surface area contributed by atoms with Gasteiger partial charge in [0.1, 0.15) is 11.6 Å². The molecule has 1 aromatic carbocycles. The van der Waals surface area contributed by atoms with Gasteiger partial charge >= 0.3 is 0 Å². The largest absolute Gasteiger partial charge is 0.354 e. The van der Waals surface area contributed by atoms with Crippen LogP contribution in [0.4, 0.5) is 14.6 Å². The van der Waals surface area contributed by atoms with E-state index in [4.69, 9.17) is 4.98 Å². The summed E-state index contributed by atoms with van der Waals surface area (Å²) < 4.78 is 27.9. The summed E-state index contributed by atoms with van der Waals surface area (Å²) in [4.78, 5) is 34.1. The van der Waals surface area contributed by atoms with Gasteiger partial charge in [0, 0.05) is 99.5 Å². The molecule has 1 amide bonds. The lowest BCUT2D eigenvalue weighted by Crippen LogP contribution is -2.49. The van der Waals surface area contributed by atoms with Gasteiger partial charge in [-0.2, -0.15) is 0 Å². The number of carbonyl (C=O) groups is 1. The van der Waals surface area contributed by atoms with E-state index in [9.17, 15) is 13.6 Å². The number of piperidine rings is 1. The molecule has 3 aromatic rings. The second kappa shape index (κ2) is 12.3. The molecule has 10 heteroatoms. The molecule has 0 aliphatic carbocycles. The summed E-state index contributed by atoms with van der Waals surface area (Å²) in [5, 5.41) is 3.86. The van der Waals surface area contributed by atoms with Crippen LogP contribution in [0, 0.1) is 0 Å². The van der Waals surface area contributed by atoms with Crippen LogP contribution in [0.1, 0.15) is 74.2 Å². The van der Waals surface area contributed by atoms with E-state index in [1.807, 2.05) is 43.0 Å². The average molecular weight is 566 g/mol. The van der Waals surface area contributed by atoms with Gasteiger partial charge in [-0.15, -0.1) is 0 Å². The highest BCUT2D eigenvalue weighted by Gasteiger charge is 2.37. The molecule has 2 aromatic heterocycles. The van der Waals surface area contributed by atoms with Crippen LogP contribution in [0.5, 0.6) is 0 Å². The first-order chi connectivity index (χ1) is 19.6. The molecule has 2 saturated heterocycles. The minimum atomic E-state index is -2.65. The number of nitrogens with one attached hydrogen (secondary N) is 1. The highest BCUT2D eigenvalue weighted by molar-refractivity contribution is 6.06. The molecular weight excluding hydrogens is 524 g/mol. The van der Waals surface area contributed by atoms with Crippen LogP contribution in [-0.4, -0.2) is 88.4 Å². The predicted octanol–water partition coefficient (Wildman–Crippen LogP) is 4.88. The zero-order chi connectivity index (χ0) is 29.1. The minimum Gasteiger partial charge on any atom is -0.354 e. The summed E-state index contributed by atoms with van der Waals surface area (Å²) in [6.07, 6.45) is 3.12. The quantitative estimate of drug-likeness (QED) is 0.417. The van der Waals surface area contributed by atoms with Gasteiger partial charge in [0.2, 0.25) is 0 Å². The number of aromatic nitrogens is 3. The summed E-state index contributed by atoms with van der Waals surface area (Å²) in [5.74, 6) is -1.04. The monoisotopic (exact) mass is 565 g/mol. The van der Waals surface area contributed by atoms with Crippen molar-refractivity contribution < 1.29 is 13.6 Å². The molecule has 2 fully saturated rings. The zero-order valence-corrected chi connectivity index (χ0v) is 24.5. The van der Waals surface area contributed by atoms with Gasteiger partial charge in [0.25, 0.3) is 11.8 Å². The van der Waals surface area contributed by atoms with Gasteiger partial charge in [0.05, 0.1) is 11.6 Å². The summed E-state index contributed by atoms with van der Waals surface area (Å²) in [7, 11) is 0. The standard InChI is InChI=1S/C31H41F2N7O/c1-21(2)29-34-18-23(19-35-29)27(39-12-10-31(32,33)11-13-39)20-36-30(41)25-6-5-7-26-24(25)8-9-28(37-26)40-16-14-38(15-17-40)22(3)4/h5-9,18-19,21-22,27H,10-17,20H2,1-4H3,(H,36,41). The number of alkyl halides is 2. The molecule has 5 rings (SSSR count). The van der Waals surface area contributed by atoms with Crippen molar-refractivity contribution in [3.63, 3.8) is 0 Å². The fourth-order valence-corrected chi connectivity index (χ4v) is 5.71. The number of hydrogen-bond acceptors (Lipinski definition) is 7. The number of nitrogens with zero attached hydrogens (tertiary/aromatic N) is 6. The SMILES string of the molecule is CC(C)c1ncc(C(CNC(=O)c2cccc3nc(N4CCN(C(C)C)CC4)ccc23)N2CCC(F)(F)CC2)cn1. The van der Waals surface area contributed by atoms with E-state index in [0.717, 1.165) is 54.3 Å². The second-order valence-electron chi connectivity index (χ2n) is 11.8. The molecular formula is C31H41F2N7O. The Bertz CT molecular complexity index is 1330. The number of carbonyl (C=O) groups excluding carboxylic acids is 1. The van der Waals surface area contributed by atoms with Crippen molar-refractivity contribution in [3.8, 4) is 0 Å². The first-order valence-electron chi connectivity index (χ1n) is 14.7. The number of pyridine rings is 1. The molecule has 1 atom stereocenters. The minimum absolute atomic E-state index is 0.181. The Morgan fingerprint density at radius 2 is 1.61 bits per heavy atom. The first-order valence-corrected chi connectivity index (χ1v) is 14.7. The lowest BCUT2D eigenvalue weighted by molar-refractivity contribution is -0.0632. The number of anilines is 1. The van der Waals surface area contributed by atoms with Crippen LogP contribution in [0.25, 0.3) is 10.9 Å². The van der Waals surface area contributed by atoms with E-state index in [1.165, 1.54) is 0 Å². The fraction of sp³-hybridized carbons (Fsp3) is 0.548. The number of likely N-dealkylation sites (tertiary alicyclic amines) is 1. The number of hydrogen-bond donors (Lipinski definition) is 1. The summed E-state index contributed by atoms with van der Waals surface area (Å²) >= 11 is 0. The Balaban J connectivity index is 1.32. The van der Waals surface area contributed by atoms with Gasteiger partial charge in [-0.05, 0) is 38.1 Å². The predicted molar refractivity (Wildman–Crippen MR) is 158 cm³/mol.